The van der Waals surface area contributed by atoms with Crippen molar-refractivity contribution >= 4 is 29.2 Å². The lowest BCUT2D eigenvalue weighted by Crippen LogP contribution is -2.61. The average Bonchev–Trinajstić information content (AvgIpc) is 2.82. The van der Waals surface area contributed by atoms with Gasteiger partial charge in [-0.25, -0.2) is 0 Å². The maximum absolute atomic E-state index is 13.4. The van der Waals surface area contributed by atoms with Crippen LogP contribution in [0.15, 0.2) is 30.3 Å². The summed E-state index contributed by atoms with van der Waals surface area (Å²) in [4.78, 5) is 40.9. The van der Waals surface area contributed by atoms with Gasteiger partial charge in [-0.2, -0.15) is 13.2 Å². The lowest BCUT2D eigenvalue weighted by molar-refractivity contribution is -0.138. The predicted octanol–water partition coefficient (Wildman–Crippen LogP) is 2.31. The van der Waals surface area contributed by atoms with Gasteiger partial charge in [-0.05, 0) is 24.6 Å². The number of unbranched alkanes of at least 4 members (excludes halogenated alkanes) is 1. The first-order valence-corrected chi connectivity index (χ1v) is 10.9. The topological polar surface area (TPSA) is 108 Å². The summed E-state index contributed by atoms with van der Waals surface area (Å²) in [6, 6.07) is 5.18. The Morgan fingerprint density at radius 2 is 1.97 bits per heavy atom. The standard InChI is InChI=1S/C22H23F3N6O3/c1-2-3-8-26-19(32)16-11-15-18(29-28-16)31-10-9-30(12-17(31)20(33)27-15)21(34)13-6-4-5-7-14(13)22(23,24)25/h4-7,11,17H,2-3,8-10,12H2,1H3,(H,26,32)(H,27,33). The molecule has 1 fully saturated rings. The molecule has 3 amide bonds. The van der Waals surface area contributed by atoms with E-state index in [2.05, 4.69) is 20.8 Å². The molecule has 12 heteroatoms. The number of alkyl halides is 3. The molecule has 1 aromatic heterocycles. The number of nitrogens with one attached hydrogen (secondary N) is 2. The minimum atomic E-state index is -4.68. The van der Waals surface area contributed by atoms with E-state index in [0.29, 0.717) is 18.1 Å². The van der Waals surface area contributed by atoms with Crippen LogP contribution in [0.4, 0.5) is 24.7 Å². The highest BCUT2D eigenvalue weighted by Crippen LogP contribution is 2.34. The van der Waals surface area contributed by atoms with Gasteiger partial charge in [0.05, 0.1) is 23.4 Å². The van der Waals surface area contributed by atoms with E-state index in [-0.39, 0.29) is 25.3 Å². The molecule has 2 aromatic rings. The Hall–Kier alpha value is -3.70. The van der Waals surface area contributed by atoms with E-state index in [9.17, 15) is 27.6 Å². The van der Waals surface area contributed by atoms with Crippen molar-refractivity contribution in [1.82, 2.24) is 20.4 Å². The van der Waals surface area contributed by atoms with Gasteiger partial charge in [0.2, 0.25) is 5.91 Å². The average molecular weight is 476 g/mol. The van der Waals surface area contributed by atoms with Crippen molar-refractivity contribution in [3.8, 4) is 0 Å². The van der Waals surface area contributed by atoms with Crippen LogP contribution in [-0.4, -0.2) is 65.0 Å². The van der Waals surface area contributed by atoms with Crippen molar-refractivity contribution in [2.24, 2.45) is 0 Å². The second-order valence-corrected chi connectivity index (χ2v) is 8.07. The summed E-state index contributed by atoms with van der Waals surface area (Å²) in [5, 5.41) is 13.5. The van der Waals surface area contributed by atoms with Gasteiger partial charge in [-0.15, -0.1) is 10.2 Å². The van der Waals surface area contributed by atoms with Gasteiger partial charge in [0.1, 0.15) is 6.04 Å². The zero-order valence-electron chi connectivity index (χ0n) is 18.4. The highest BCUT2D eigenvalue weighted by molar-refractivity contribution is 6.05. The van der Waals surface area contributed by atoms with E-state index in [1.807, 2.05) is 6.92 Å². The van der Waals surface area contributed by atoms with E-state index in [0.717, 1.165) is 25.0 Å². The quantitative estimate of drug-likeness (QED) is 0.642. The van der Waals surface area contributed by atoms with Crippen LogP contribution in [0, 0.1) is 0 Å². The number of anilines is 2. The molecule has 0 bridgehead atoms. The second kappa shape index (κ2) is 9.27. The SMILES string of the molecule is CCCCNC(=O)c1cc2c(nn1)N1CCN(C(=O)c3ccccc3C(F)(F)F)CC1C(=O)N2. The molecule has 4 rings (SSSR count). The molecule has 34 heavy (non-hydrogen) atoms. The molecule has 1 aromatic carbocycles. The molecule has 3 heterocycles. The van der Waals surface area contributed by atoms with E-state index in [1.54, 1.807) is 4.90 Å². The van der Waals surface area contributed by atoms with Gasteiger partial charge in [0.25, 0.3) is 11.8 Å². The van der Waals surface area contributed by atoms with E-state index >= 15 is 0 Å². The van der Waals surface area contributed by atoms with Crippen LogP contribution < -0.4 is 15.5 Å². The fraction of sp³-hybridized carbons (Fsp3) is 0.409. The molecular formula is C22H23F3N6O3. The Morgan fingerprint density at radius 3 is 2.71 bits per heavy atom. The number of carbonyl (C=O) groups is 3. The maximum atomic E-state index is 13.4. The summed E-state index contributed by atoms with van der Waals surface area (Å²) in [5.74, 6) is -1.30. The monoisotopic (exact) mass is 476 g/mol. The molecule has 9 nitrogen and oxygen atoms in total. The number of benzene rings is 1. The third-order valence-electron chi connectivity index (χ3n) is 5.79. The first kappa shape index (κ1) is 23.5. The van der Waals surface area contributed by atoms with Crippen molar-refractivity contribution in [2.75, 3.05) is 36.4 Å². The summed E-state index contributed by atoms with van der Waals surface area (Å²) < 4.78 is 40.1. The summed E-state index contributed by atoms with van der Waals surface area (Å²) >= 11 is 0. The van der Waals surface area contributed by atoms with Crippen molar-refractivity contribution in [2.45, 2.75) is 32.0 Å². The van der Waals surface area contributed by atoms with E-state index in [4.69, 9.17) is 0 Å². The maximum Gasteiger partial charge on any atom is 0.417 e. The molecule has 0 radical (unpaired) electrons. The Balaban J connectivity index is 1.52. The van der Waals surface area contributed by atoms with Crippen LogP contribution in [0.25, 0.3) is 0 Å². The largest absolute Gasteiger partial charge is 0.417 e. The number of hydrogen-bond donors (Lipinski definition) is 2. The number of carbonyl (C=O) groups excluding carboxylic acids is 3. The fourth-order valence-electron chi connectivity index (χ4n) is 4.02. The summed E-state index contributed by atoms with van der Waals surface area (Å²) in [6.45, 7) is 2.64. The minimum absolute atomic E-state index is 0.0613. The molecule has 180 valence electrons. The van der Waals surface area contributed by atoms with Crippen molar-refractivity contribution in [1.29, 1.82) is 0 Å². The molecule has 0 saturated carbocycles. The van der Waals surface area contributed by atoms with Gasteiger partial charge in [0, 0.05) is 19.6 Å². The summed E-state index contributed by atoms with van der Waals surface area (Å²) in [7, 11) is 0. The van der Waals surface area contributed by atoms with Crippen LogP contribution in [0.5, 0.6) is 0 Å². The number of fused-ring (bicyclic) bond motifs is 3. The smallest absolute Gasteiger partial charge is 0.351 e. The zero-order chi connectivity index (χ0) is 24.5. The number of aromatic nitrogens is 2. The normalized spacial score (nSPS) is 17.5. The predicted molar refractivity (Wildman–Crippen MR) is 116 cm³/mol. The number of hydrogen-bond acceptors (Lipinski definition) is 6. The number of amides is 3. The van der Waals surface area contributed by atoms with Crippen molar-refractivity contribution in [3.05, 3.63) is 47.2 Å². The van der Waals surface area contributed by atoms with Crippen LogP contribution in [0.2, 0.25) is 0 Å². The fourth-order valence-corrected chi connectivity index (χ4v) is 4.02. The Labute approximate surface area is 193 Å². The van der Waals surface area contributed by atoms with Gasteiger partial charge < -0.3 is 20.4 Å². The van der Waals surface area contributed by atoms with Crippen molar-refractivity contribution in [3.63, 3.8) is 0 Å². The molecule has 2 aliphatic heterocycles. The molecule has 0 aliphatic carbocycles. The Morgan fingerprint density at radius 1 is 1.21 bits per heavy atom. The van der Waals surface area contributed by atoms with Crippen LogP contribution in [-0.2, 0) is 11.0 Å². The third kappa shape index (κ3) is 4.52. The van der Waals surface area contributed by atoms with Gasteiger partial charge >= 0.3 is 6.18 Å². The number of nitrogens with zero attached hydrogens (tertiary/aromatic N) is 4. The summed E-state index contributed by atoms with van der Waals surface area (Å²) in [6.07, 6.45) is -2.94. The molecule has 1 saturated heterocycles. The molecule has 1 atom stereocenters. The molecule has 2 N–H and O–H groups in total. The number of halogens is 3. The zero-order valence-corrected chi connectivity index (χ0v) is 18.4. The first-order valence-electron chi connectivity index (χ1n) is 10.9. The summed E-state index contributed by atoms with van der Waals surface area (Å²) in [5.41, 5.74) is -1.10. The molecule has 2 aliphatic rings. The Kier molecular flexibility index (Phi) is 6.40. The minimum Gasteiger partial charge on any atom is -0.351 e. The van der Waals surface area contributed by atoms with Crippen LogP contribution in [0.1, 0.15) is 46.2 Å². The third-order valence-corrected chi connectivity index (χ3v) is 5.79. The molecule has 1 unspecified atom stereocenters. The van der Waals surface area contributed by atoms with Gasteiger partial charge in [0.15, 0.2) is 11.5 Å². The van der Waals surface area contributed by atoms with Crippen LogP contribution in [0.3, 0.4) is 0 Å². The first-order chi connectivity index (χ1) is 16.2. The molecule has 0 spiro atoms. The lowest BCUT2D eigenvalue weighted by atomic mass is 10.0. The highest BCUT2D eigenvalue weighted by atomic mass is 19.4. The highest BCUT2D eigenvalue weighted by Gasteiger charge is 2.42. The van der Waals surface area contributed by atoms with Gasteiger partial charge in [-0.1, -0.05) is 25.5 Å². The van der Waals surface area contributed by atoms with Crippen LogP contribution >= 0.6 is 0 Å². The van der Waals surface area contributed by atoms with Gasteiger partial charge in [-0.3, -0.25) is 14.4 Å². The number of piperazine rings is 1. The van der Waals surface area contributed by atoms with E-state index < -0.39 is 41.1 Å². The van der Waals surface area contributed by atoms with Crippen molar-refractivity contribution < 1.29 is 27.6 Å². The Bertz CT molecular complexity index is 1120. The van der Waals surface area contributed by atoms with E-state index in [1.165, 1.54) is 23.1 Å². The second-order valence-electron chi connectivity index (χ2n) is 8.07. The molecular weight excluding hydrogens is 453 g/mol. The lowest BCUT2D eigenvalue weighted by Gasteiger charge is -2.44. The number of rotatable bonds is 5.